The Kier molecular flexibility index (Phi) is 4.76. The van der Waals surface area contributed by atoms with Gasteiger partial charge in [0.05, 0.1) is 6.54 Å². The summed E-state index contributed by atoms with van der Waals surface area (Å²) in [5.74, 6) is -0.494. The quantitative estimate of drug-likeness (QED) is 0.819. The van der Waals surface area contributed by atoms with Gasteiger partial charge in [-0.2, -0.15) is 0 Å². The Labute approximate surface area is 147 Å². The Hall–Kier alpha value is -2.47. The van der Waals surface area contributed by atoms with Crippen molar-refractivity contribution >= 4 is 39.3 Å². The van der Waals surface area contributed by atoms with Crippen LogP contribution in [0.25, 0.3) is 0 Å². The summed E-state index contributed by atoms with van der Waals surface area (Å²) in [6.45, 7) is 0.256. The van der Waals surface area contributed by atoms with Crippen LogP contribution < -0.4 is 5.32 Å². The van der Waals surface area contributed by atoms with Gasteiger partial charge in [0.25, 0.3) is 5.91 Å². The Balaban J connectivity index is 1.65. The third kappa shape index (κ3) is 3.71. The first-order valence-corrected chi connectivity index (χ1v) is 8.31. The number of hydrogen-bond acceptors (Lipinski definition) is 3. The predicted molar refractivity (Wildman–Crippen MR) is 93.3 cm³/mol. The molecule has 5 nitrogen and oxygen atoms in total. The lowest BCUT2D eigenvalue weighted by atomic mass is 10.1. The first kappa shape index (κ1) is 16.4. The molecule has 0 aliphatic carbocycles. The fraction of sp³-hybridized carbons (Fsp3) is 0.167. The molecule has 1 aliphatic rings. The normalized spacial score (nSPS) is 14.1. The van der Waals surface area contributed by atoms with Gasteiger partial charge in [0, 0.05) is 28.6 Å². The highest BCUT2D eigenvalue weighted by molar-refractivity contribution is 9.10. The molecule has 2 aromatic rings. The maximum atomic E-state index is 12.2. The van der Waals surface area contributed by atoms with Crippen LogP contribution >= 0.6 is 15.9 Å². The van der Waals surface area contributed by atoms with Crippen LogP contribution in [0.1, 0.15) is 28.8 Å². The standard InChI is InChI=1S/C18H15BrN2O3/c19-14-5-7-15(8-6-14)20-18(24)13-3-1-12(2-4-13)11-21-16(22)9-10-17(21)23/h1-8H,9-11H2,(H,20,24). The van der Waals surface area contributed by atoms with E-state index in [0.717, 1.165) is 10.0 Å². The number of imide groups is 1. The smallest absolute Gasteiger partial charge is 0.255 e. The lowest BCUT2D eigenvalue weighted by Crippen LogP contribution is -2.28. The highest BCUT2D eigenvalue weighted by Gasteiger charge is 2.28. The number of nitrogens with one attached hydrogen (secondary N) is 1. The van der Waals surface area contributed by atoms with Crippen molar-refractivity contribution < 1.29 is 14.4 Å². The SMILES string of the molecule is O=C(Nc1ccc(Br)cc1)c1ccc(CN2C(=O)CCC2=O)cc1. The van der Waals surface area contributed by atoms with Gasteiger partial charge in [-0.3, -0.25) is 19.3 Å². The molecule has 1 N–H and O–H groups in total. The van der Waals surface area contributed by atoms with Gasteiger partial charge in [0.1, 0.15) is 0 Å². The van der Waals surface area contributed by atoms with Crippen molar-refractivity contribution in [1.29, 1.82) is 0 Å². The minimum absolute atomic E-state index is 0.142. The van der Waals surface area contributed by atoms with Gasteiger partial charge < -0.3 is 5.32 Å². The molecule has 3 amide bonds. The van der Waals surface area contributed by atoms with Crippen molar-refractivity contribution in [1.82, 2.24) is 4.90 Å². The zero-order valence-electron chi connectivity index (χ0n) is 12.8. The largest absolute Gasteiger partial charge is 0.322 e. The summed E-state index contributed by atoms with van der Waals surface area (Å²) >= 11 is 3.34. The van der Waals surface area contributed by atoms with Crippen molar-refractivity contribution in [3.05, 3.63) is 64.1 Å². The van der Waals surface area contributed by atoms with E-state index < -0.39 is 0 Å². The summed E-state index contributed by atoms with van der Waals surface area (Å²) in [4.78, 5) is 36.7. The highest BCUT2D eigenvalue weighted by Crippen LogP contribution is 2.18. The van der Waals surface area contributed by atoms with E-state index in [1.165, 1.54) is 4.90 Å². The number of carbonyl (C=O) groups excluding carboxylic acids is 3. The molecule has 1 saturated heterocycles. The first-order chi connectivity index (χ1) is 11.5. The second kappa shape index (κ2) is 6.97. The van der Waals surface area contributed by atoms with Crippen molar-refractivity contribution in [2.45, 2.75) is 19.4 Å². The average molecular weight is 387 g/mol. The van der Waals surface area contributed by atoms with Crippen LogP contribution in [-0.2, 0) is 16.1 Å². The van der Waals surface area contributed by atoms with Gasteiger partial charge in [-0.05, 0) is 42.0 Å². The number of amides is 3. The first-order valence-electron chi connectivity index (χ1n) is 7.52. The van der Waals surface area contributed by atoms with Crippen LogP contribution in [0.4, 0.5) is 5.69 Å². The second-order valence-corrected chi connectivity index (χ2v) is 6.45. The van der Waals surface area contributed by atoms with Gasteiger partial charge in [0.2, 0.25) is 11.8 Å². The molecule has 0 bridgehead atoms. The molecular weight excluding hydrogens is 372 g/mol. The molecule has 1 aliphatic heterocycles. The lowest BCUT2D eigenvalue weighted by Gasteiger charge is -2.14. The lowest BCUT2D eigenvalue weighted by molar-refractivity contribution is -0.139. The summed E-state index contributed by atoms with van der Waals surface area (Å²) in [7, 11) is 0. The number of hydrogen-bond donors (Lipinski definition) is 1. The van der Waals surface area contributed by atoms with Crippen LogP contribution in [0.15, 0.2) is 53.0 Å². The van der Waals surface area contributed by atoms with Gasteiger partial charge in [0.15, 0.2) is 0 Å². The van der Waals surface area contributed by atoms with Crippen LogP contribution in [0.2, 0.25) is 0 Å². The molecule has 24 heavy (non-hydrogen) atoms. The van der Waals surface area contributed by atoms with E-state index >= 15 is 0 Å². The van der Waals surface area contributed by atoms with Gasteiger partial charge in [-0.1, -0.05) is 28.1 Å². The van der Waals surface area contributed by atoms with Gasteiger partial charge >= 0.3 is 0 Å². The molecule has 1 fully saturated rings. The van der Waals surface area contributed by atoms with E-state index in [-0.39, 0.29) is 37.1 Å². The van der Waals surface area contributed by atoms with Crippen LogP contribution in [-0.4, -0.2) is 22.6 Å². The van der Waals surface area contributed by atoms with E-state index in [2.05, 4.69) is 21.2 Å². The number of benzene rings is 2. The summed E-state index contributed by atoms with van der Waals surface area (Å²) in [6, 6.07) is 14.2. The van der Waals surface area contributed by atoms with Crippen molar-refractivity contribution in [2.75, 3.05) is 5.32 Å². The third-order valence-electron chi connectivity index (χ3n) is 3.81. The molecular formula is C18H15BrN2O3. The predicted octanol–water partition coefficient (Wildman–Crippen LogP) is 3.35. The van der Waals surface area contributed by atoms with E-state index in [0.29, 0.717) is 11.3 Å². The molecule has 0 radical (unpaired) electrons. The molecule has 3 rings (SSSR count). The summed E-state index contributed by atoms with van der Waals surface area (Å²) in [5.41, 5.74) is 2.04. The van der Waals surface area contributed by atoms with E-state index in [1.807, 2.05) is 12.1 Å². The Morgan fingerprint density at radius 3 is 2.12 bits per heavy atom. The molecule has 2 aromatic carbocycles. The van der Waals surface area contributed by atoms with Gasteiger partial charge in [-0.15, -0.1) is 0 Å². The monoisotopic (exact) mass is 386 g/mol. The number of nitrogens with zero attached hydrogens (tertiary/aromatic N) is 1. The zero-order chi connectivity index (χ0) is 17.1. The van der Waals surface area contributed by atoms with Crippen LogP contribution in [0, 0.1) is 0 Å². The molecule has 0 atom stereocenters. The number of anilines is 1. The maximum absolute atomic E-state index is 12.2. The molecule has 0 aromatic heterocycles. The fourth-order valence-corrected chi connectivity index (χ4v) is 2.74. The minimum atomic E-state index is -0.211. The van der Waals surface area contributed by atoms with Crippen molar-refractivity contribution in [2.24, 2.45) is 0 Å². The van der Waals surface area contributed by atoms with E-state index in [1.54, 1.807) is 36.4 Å². The number of carbonyl (C=O) groups is 3. The van der Waals surface area contributed by atoms with Crippen molar-refractivity contribution in [3.8, 4) is 0 Å². The van der Waals surface area contributed by atoms with Crippen LogP contribution in [0.3, 0.4) is 0 Å². The molecule has 0 unspecified atom stereocenters. The van der Waals surface area contributed by atoms with Gasteiger partial charge in [-0.25, -0.2) is 0 Å². The highest BCUT2D eigenvalue weighted by atomic mass is 79.9. The summed E-state index contributed by atoms with van der Waals surface area (Å²) in [6.07, 6.45) is 0.568. The number of rotatable bonds is 4. The maximum Gasteiger partial charge on any atom is 0.255 e. The topological polar surface area (TPSA) is 66.5 Å². The zero-order valence-corrected chi connectivity index (χ0v) is 14.4. The van der Waals surface area contributed by atoms with E-state index in [4.69, 9.17) is 0 Å². The second-order valence-electron chi connectivity index (χ2n) is 5.53. The number of halogens is 1. The molecule has 0 saturated carbocycles. The molecule has 6 heteroatoms. The Morgan fingerprint density at radius 1 is 0.958 bits per heavy atom. The minimum Gasteiger partial charge on any atom is -0.322 e. The molecule has 0 spiro atoms. The average Bonchev–Trinajstić information content (AvgIpc) is 2.89. The molecule has 122 valence electrons. The Morgan fingerprint density at radius 2 is 1.54 bits per heavy atom. The fourth-order valence-electron chi connectivity index (χ4n) is 2.48. The third-order valence-corrected chi connectivity index (χ3v) is 4.34. The van der Waals surface area contributed by atoms with Crippen LogP contribution in [0.5, 0.6) is 0 Å². The summed E-state index contributed by atoms with van der Waals surface area (Å²) in [5, 5.41) is 2.81. The summed E-state index contributed by atoms with van der Waals surface area (Å²) < 4.78 is 0.941. The van der Waals surface area contributed by atoms with Crippen molar-refractivity contribution in [3.63, 3.8) is 0 Å². The Bertz CT molecular complexity index is 769. The molecule has 1 heterocycles. The van der Waals surface area contributed by atoms with E-state index in [9.17, 15) is 14.4 Å². The number of likely N-dealkylation sites (tertiary alicyclic amines) is 1.